The van der Waals surface area contributed by atoms with Gasteiger partial charge in [0, 0.05) is 12.8 Å². The van der Waals surface area contributed by atoms with Crippen LogP contribution in [0.4, 0.5) is 0 Å². The fraction of sp³-hybridized carbons (Fsp3) is 0.522. The molecule has 32 heavy (non-hydrogen) atoms. The van der Waals surface area contributed by atoms with Gasteiger partial charge in [0.25, 0.3) is 28.6 Å². The molecule has 0 aromatic heterocycles. The summed E-state index contributed by atoms with van der Waals surface area (Å²) in [6.07, 6.45) is 5.30. The molecular formula is C23H36O6Si3. The second-order valence-corrected chi connectivity index (χ2v) is 21.8. The van der Waals surface area contributed by atoms with Crippen LogP contribution in [0.5, 0.6) is 0 Å². The average molecular weight is 493 g/mol. The predicted molar refractivity (Wildman–Crippen MR) is 133 cm³/mol. The van der Waals surface area contributed by atoms with E-state index in [9.17, 15) is 14.4 Å². The second kappa shape index (κ2) is 10.8. The molecule has 3 aliphatic rings. The topological polar surface area (TPSA) is 78.9 Å². The Labute approximate surface area is 194 Å². The molecule has 0 aliphatic carbocycles. The molecular weight excluding hydrogens is 457 g/mol. The third-order valence-electron chi connectivity index (χ3n) is 5.74. The Hall–Kier alpha value is -1.98. The van der Waals surface area contributed by atoms with Crippen molar-refractivity contribution in [2.45, 2.75) is 76.6 Å². The zero-order valence-electron chi connectivity index (χ0n) is 20.0. The molecule has 0 N–H and O–H groups in total. The standard InChI is InChI=1S/C9H10O2Si.C7H14O2Si.C7H12O2Si/c1-12(2)8-6-4-3-5-7(8)9(10)11-12;1-10(2)6-4-3-5-7(8)9-10;1-3-5-10(2)6-4-7(8)9-10/h3-6H,1-2H3;3-6H2,1-2H3;3H,1,4-6H2,2H3. The third kappa shape index (κ3) is 7.56. The van der Waals surface area contributed by atoms with Gasteiger partial charge in [-0.2, -0.15) is 0 Å². The van der Waals surface area contributed by atoms with E-state index >= 15 is 0 Å². The summed E-state index contributed by atoms with van der Waals surface area (Å²) in [5.74, 6) is -0.146. The van der Waals surface area contributed by atoms with Crippen LogP contribution in [0.1, 0.15) is 36.0 Å². The molecule has 2 fully saturated rings. The number of allylic oxidation sites excluding steroid dienone is 1. The molecule has 1 aromatic carbocycles. The van der Waals surface area contributed by atoms with Crippen molar-refractivity contribution in [3.8, 4) is 0 Å². The van der Waals surface area contributed by atoms with Crippen LogP contribution < -0.4 is 5.19 Å². The van der Waals surface area contributed by atoms with E-state index in [4.69, 9.17) is 13.3 Å². The van der Waals surface area contributed by atoms with Crippen molar-refractivity contribution in [3.05, 3.63) is 42.5 Å². The van der Waals surface area contributed by atoms with Gasteiger partial charge < -0.3 is 13.3 Å². The third-order valence-corrected chi connectivity index (χ3v) is 13.7. The lowest BCUT2D eigenvalue weighted by Crippen LogP contribution is -2.39. The summed E-state index contributed by atoms with van der Waals surface area (Å²) in [5.41, 5.74) is 0.758. The molecule has 0 amide bonds. The first-order chi connectivity index (χ1) is 14.9. The van der Waals surface area contributed by atoms with Crippen molar-refractivity contribution in [1.29, 1.82) is 0 Å². The van der Waals surface area contributed by atoms with Gasteiger partial charge in [-0.3, -0.25) is 9.59 Å². The molecule has 176 valence electrons. The van der Waals surface area contributed by atoms with Crippen LogP contribution in [0.3, 0.4) is 0 Å². The smallest absolute Gasteiger partial charge is 0.325 e. The van der Waals surface area contributed by atoms with E-state index in [0.717, 1.165) is 35.3 Å². The lowest BCUT2D eigenvalue weighted by atomic mass is 10.2. The van der Waals surface area contributed by atoms with Crippen molar-refractivity contribution >= 4 is 48.0 Å². The quantitative estimate of drug-likeness (QED) is 0.432. The Balaban J connectivity index is 0.000000171. The molecule has 1 aromatic rings. The van der Waals surface area contributed by atoms with Gasteiger partial charge in [-0.15, -0.1) is 6.58 Å². The minimum absolute atomic E-state index is 0.0176. The van der Waals surface area contributed by atoms with E-state index in [1.165, 1.54) is 6.42 Å². The number of carbonyl (C=O) groups is 3. The Morgan fingerprint density at radius 1 is 0.875 bits per heavy atom. The molecule has 0 bridgehead atoms. The van der Waals surface area contributed by atoms with E-state index in [1.54, 1.807) is 0 Å². The van der Waals surface area contributed by atoms with Crippen LogP contribution in [0.2, 0.25) is 50.9 Å². The lowest BCUT2D eigenvalue weighted by Gasteiger charge is -2.18. The molecule has 0 radical (unpaired) electrons. The van der Waals surface area contributed by atoms with Crippen LogP contribution in [0.25, 0.3) is 0 Å². The predicted octanol–water partition coefficient (Wildman–Crippen LogP) is 4.88. The summed E-state index contributed by atoms with van der Waals surface area (Å²) in [4.78, 5) is 32.9. The van der Waals surface area contributed by atoms with Crippen LogP contribution in [-0.4, -0.2) is 42.9 Å². The molecule has 0 spiro atoms. The first-order valence-electron chi connectivity index (χ1n) is 11.2. The maximum absolute atomic E-state index is 11.3. The van der Waals surface area contributed by atoms with Gasteiger partial charge in [-0.1, -0.05) is 30.7 Å². The van der Waals surface area contributed by atoms with Crippen molar-refractivity contribution in [2.24, 2.45) is 0 Å². The Morgan fingerprint density at radius 2 is 1.53 bits per heavy atom. The van der Waals surface area contributed by atoms with Gasteiger partial charge in [0.2, 0.25) is 8.32 Å². The highest BCUT2D eigenvalue weighted by Crippen LogP contribution is 2.26. The molecule has 6 nitrogen and oxygen atoms in total. The maximum Gasteiger partial charge on any atom is 0.325 e. The molecule has 4 rings (SSSR count). The minimum atomic E-state index is -1.87. The number of rotatable bonds is 2. The fourth-order valence-electron chi connectivity index (χ4n) is 3.95. The van der Waals surface area contributed by atoms with Crippen LogP contribution in [0.15, 0.2) is 36.9 Å². The van der Waals surface area contributed by atoms with Crippen molar-refractivity contribution in [1.82, 2.24) is 0 Å². The highest BCUT2D eigenvalue weighted by Gasteiger charge is 2.40. The Bertz CT molecular complexity index is 867. The van der Waals surface area contributed by atoms with Crippen molar-refractivity contribution in [2.75, 3.05) is 0 Å². The largest absolute Gasteiger partial charge is 0.520 e. The van der Waals surface area contributed by atoms with E-state index < -0.39 is 25.0 Å². The zero-order valence-corrected chi connectivity index (χ0v) is 23.0. The van der Waals surface area contributed by atoms with Crippen molar-refractivity contribution < 1.29 is 27.7 Å². The second-order valence-electron chi connectivity index (χ2n) is 9.80. The van der Waals surface area contributed by atoms with Gasteiger partial charge >= 0.3 is 5.97 Å². The monoisotopic (exact) mass is 492 g/mol. The molecule has 2 saturated heterocycles. The number of carbonyl (C=O) groups excluding carboxylic acids is 3. The van der Waals surface area contributed by atoms with Gasteiger partial charge in [0.05, 0.1) is 5.56 Å². The molecule has 1 unspecified atom stereocenters. The van der Waals surface area contributed by atoms with Gasteiger partial charge in [-0.25, -0.2) is 4.79 Å². The number of hydrogen-bond donors (Lipinski definition) is 0. The van der Waals surface area contributed by atoms with E-state index in [1.807, 2.05) is 43.4 Å². The SMILES string of the molecule is C=CC[Si]1(C)CCC(=O)O1.C[Si]1(C)CCCCC(=O)O1.C[Si]1(C)OC(=O)c2ccccc21. The number of hydrogen-bond acceptors (Lipinski definition) is 6. The Kier molecular flexibility index (Phi) is 8.83. The summed E-state index contributed by atoms with van der Waals surface area (Å²) >= 11 is 0. The number of benzene rings is 1. The number of fused-ring (bicyclic) bond motifs is 1. The van der Waals surface area contributed by atoms with Crippen LogP contribution in [-0.2, 0) is 22.9 Å². The molecule has 3 heterocycles. The van der Waals surface area contributed by atoms with E-state index in [2.05, 4.69) is 26.2 Å². The molecule has 3 aliphatic heterocycles. The molecule has 1 atom stereocenters. The van der Waals surface area contributed by atoms with E-state index in [0.29, 0.717) is 12.8 Å². The first kappa shape index (κ1) is 26.3. The zero-order chi connectivity index (χ0) is 24.0. The highest BCUT2D eigenvalue weighted by atomic mass is 28.4. The van der Waals surface area contributed by atoms with Gasteiger partial charge in [0.15, 0.2) is 0 Å². The highest BCUT2D eigenvalue weighted by molar-refractivity contribution is 6.88. The maximum atomic E-state index is 11.3. The summed E-state index contributed by atoms with van der Waals surface area (Å²) in [6, 6.07) is 10.7. The van der Waals surface area contributed by atoms with Gasteiger partial charge in [0.1, 0.15) is 0 Å². The lowest BCUT2D eigenvalue weighted by molar-refractivity contribution is -0.135. The first-order valence-corrected chi connectivity index (χ1v) is 20.1. The minimum Gasteiger partial charge on any atom is -0.520 e. The summed E-state index contributed by atoms with van der Waals surface area (Å²) in [7, 11) is -5.04. The summed E-state index contributed by atoms with van der Waals surface area (Å²) in [6.45, 7) is 14.0. The van der Waals surface area contributed by atoms with Crippen LogP contribution >= 0.6 is 0 Å². The molecule has 9 heteroatoms. The van der Waals surface area contributed by atoms with Crippen LogP contribution in [0, 0.1) is 0 Å². The summed E-state index contributed by atoms with van der Waals surface area (Å²) < 4.78 is 15.8. The molecule has 0 saturated carbocycles. The van der Waals surface area contributed by atoms with Gasteiger partial charge in [-0.05, 0) is 68.5 Å². The average Bonchev–Trinajstić information content (AvgIpc) is 3.08. The Morgan fingerprint density at radius 3 is 2.12 bits per heavy atom. The fourth-order valence-corrected chi connectivity index (χ4v) is 10.3. The van der Waals surface area contributed by atoms with Crippen molar-refractivity contribution in [3.63, 3.8) is 0 Å². The normalized spacial score (nSPS) is 24.8. The van der Waals surface area contributed by atoms with E-state index in [-0.39, 0.29) is 17.9 Å². The summed E-state index contributed by atoms with van der Waals surface area (Å²) in [5, 5.41) is 1.12.